The third kappa shape index (κ3) is 4.24. The first-order valence-corrected chi connectivity index (χ1v) is 8.44. The van der Waals surface area contributed by atoms with Crippen molar-refractivity contribution < 1.29 is 8.42 Å². The Morgan fingerprint density at radius 3 is 2.71 bits per heavy atom. The molecule has 0 radical (unpaired) electrons. The minimum absolute atomic E-state index is 0.199. The van der Waals surface area contributed by atoms with E-state index < -0.39 is 9.84 Å². The van der Waals surface area contributed by atoms with Gasteiger partial charge in [-0.2, -0.15) is 11.8 Å². The van der Waals surface area contributed by atoms with Crippen LogP contribution >= 0.6 is 11.8 Å². The summed E-state index contributed by atoms with van der Waals surface area (Å²) in [6.45, 7) is 3.87. The molecule has 0 aliphatic carbocycles. The molecule has 0 aliphatic heterocycles. The van der Waals surface area contributed by atoms with Crippen molar-refractivity contribution in [2.45, 2.75) is 25.2 Å². The molecule has 0 aliphatic rings. The fourth-order valence-corrected chi connectivity index (χ4v) is 4.00. The van der Waals surface area contributed by atoms with Gasteiger partial charge in [-0.3, -0.25) is 0 Å². The van der Waals surface area contributed by atoms with E-state index in [0.29, 0.717) is 17.0 Å². The zero-order chi connectivity index (χ0) is 12.9. The van der Waals surface area contributed by atoms with Gasteiger partial charge in [0.2, 0.25) is 0 Å². The number of nitrogens with two attached hydrogens (primary N) is 1. The molecule has 5 heteroatoms. The van der Waals surface area contributed by atoms with Crippen LogP contribution in [0.2, 0.25) is 0 Å². The fraction of sp³-hybridized carbons (Fsp3) is 0.500. The van der Waals surface area contributed by atoms with Crippen LogP contribution in [0.1, 0.15) is 18.9 Å². The van der Waals surface area contributed by atoms with E-state index in [0.717, 1.165) is 17.1 Å². The van der Waals surface area contributed by atoms with E-state index in [9.17, 15) is 8.42 Å². The van der Waals surface area contributed by atoms with Crippen LogP contribution in [-0.2, 0) is 9.84 Å². The topological polar surface area (TPSA) is 60.2 Å². The lowest BCUT2D eigenvalue weighted by Crippen LogP contribution is -2.10. The molecule has 0 saturated carbocycles. The summed E-state index contributed by atoms with van der Waals surface area (Å²) in [5.74, 6) is 2.11. The van der Waals surface area contributed by atoms with Crippen LogP contribution in [0, 0.1) is 6.92 Å². The van der Waals surface area contributed by atoms with Gasteiger partial charge >= 0.3 is 0 Å². The quantitative estimate of drug-likeness (QED) is 0.639. The second kappa shape index (κ2) is 6.31. The first-order valence-electron chi connectivity index (χ1n) is 5.64. The van der Waals surface area contributed by atoms with Gasteiger partial charge in [-0.05, 0) is 42.5 Å². The number of thioether (sulfide) groups is 1. The van der Waals surface area contributed by atoms with E-state index in [1.165, 1.54) is 0 Å². The Kier molecular flexibility index (Phi) is 5.33. The molecule has 0 aromatic heterocycles. The molecule has 0 atom stereocenters. The average molecular weight is 273 g/mol. The molecular formula is C12H19NO2S2. The highest BCUT2D eigenvalue weighted by atomic mass is 32.2. The van der Waals surface area contributed by atoms with E-state index in [2.05, 4.69) is 6.92 Å². The third-order valence-electron chi connectivity index (χ3n) is 2.45. The van der Waals surface area contributed by atoms with Crippen LogP contribution in [0.4, 0.5) is 5.69 Å². The van der Waals surface area contributed by atoms with Gasteiger partial charge < -0.3 is 5.73 Å². The Labute approximate surface area is 108 Å². The van der Waals surface area contributed by atoms with Gasteiger partial charge in [0.05, 0.1) is 10.6 Å². The molecule has 1 rings (SSSR count). The smallest absolute Gasteiger partial charge is 0.178 e. The normalized spacial score (nSPS) is 11.6. The van der Waals surface area contributed by atoms with E-state index >= 15 is 0 Å². The fourth-order valence-electron chi connectivity index (χ4n) is 1.56. The largest absolute Gasteiger partial charge is 0.399 e. The monoisotopic (exact) mass is 273 g/mol. The minimum atomic E-state index is -3.19. The van der Waals surface area contributed by atoms with E-state index in [-0.39, 0.29) is 5.75 Å². The summed E-state index contributed by atoms with van der Waals surface area (Å²) in [4.78, 5) is 0.374. The summed E-state index contributed by atoms with van der Waals surface area (Å²) >= 11 is 1.76. The van der Waals surface area contributed by atoms with Gasteiger partial charge in [-0.25, -0.2) is 8.42 Å². The Bertz CT molecular complexity index is 469. The Balaban J connectivity index is 2.79. The molecule has 17 heavy (non-hydrogen) atoms. The van der Waals surface area contributed by atoms with Crippen LogP contribution < -0.4 is 5.73 Å². The first-order chi connectivity index (χ1) is 7.97. The van der Waals surface area contributed by atoms with Crippen LogP contribution in [-0.4, -0.2) is 25.7 Å². The van der Waals surface area contributed by atoms with Crippen molar-refractivity contribution >= 4 is 27.3 Å². The molecule has 0 bridgehead atoms. The van der Waals surface area contributed by atoms with Crippen molar-refractivity contribution in [1.82, 2.24) is 0 Å². The molecule has 96 valence electrons. The standard InChI is InChI=1S/C12H19NO2S2/c1-3-16-7-4-8-17(14,15)12-9-11(13)6-5-10(12)2/h5-6,9H,3-4,7-8,13H2,1-2H3. The van der Waals surface area contributed by atoms with Crippen molar-refractivity contribution in [3.63, 3.8) is 0 Å². The summed E-state index contributed by atoms with van der Waals surface area (Å²) in [6, 6.07) is 5.03. The minimum Gasteiger partial charge on any atom is -0.399 e. The lowest BCUT2D eigenvalue weighted by atomic mass is 10.2. The lowest BCUT2D eigenvalue weighted by Gasteiger charge is -2.08. The van der Waals surface area contributed by atoms with Crippen molar-refractivity contribution in [3.05, 3.63) is 23.8 Å². The van der Waals surface area contributed by atoms with Crippen molar-refractivity contribution in [2.75, 3.05) is 23.0 Å². The van der Waals surface area contributed by atoms with Crippen LogP contribution in [0.15, 0.2) is 23.1 Å². The van der Waals surface area contributed by atoms with Crippen LogP contribution in [0.25, 0.3) is 0 Å². The molecule has 2 N–H and O–H groups in total. The predicted octanol–water partition coefficient (Wildman–Crippen LogP) is 2.49. The number of anilines is 1. The number of rotatable bonds is 6. The van der Waals surface area contributed by atoms with Crippen molar-refractivity contribution in [2.24, 2.45) is 0 Å². The molecule has 0 amide bonds. The van der Waals surface area contributed by atoms with Crippen molar-refractivity contribution in [1.29, 1.82) is 0 Å². The van der Waals surface area contributed by atoms with E-state index in [1.54, 1.807) is 36.9 Å². The third-order valence-corrected chi connectivity index (χ3v) is 5.37. The van der Waals surface area contributed by atoms with E-state index in [4.69, 9.17) is 5.73 Å². The van der Waals surface area contributed by atoms with Crippen LogP contribution in [0.5, 0.6) is 0 Å². The molecule has 1 aromatic carbocycles. The molecule has 0 heterocycles. The van der Waals surface area contributed by atoms with Gasteiger partial charge in [-0.1, -0.05) is 13.0 Å². The second-order valence-corrected chi connectivity index (χ2v) is 7.37. The molecule has 0 saturated heterocycles. The lowest BCUT2D eigenvalue weighted by molar-refractivity contribution is 0.594. The molecule has 1 aromatic rings. The number of sulfone groups is 1. The predicted molar refractivity (Wildman–Crippen MR) is 75.3 cm³/mol. The Morgan fingerprint density at radius 2 is 2.06 bits per heavy atom. The van der Waals surface area contributed by atoms with Crippen molar-refractivity contribution in [3.8, 4) is 0 Å². The first kappa shape index (κ1) is 14.4. The van der Waals surface area contributed by atoms with Gasteiger partial charge in [0.1, 0.15) is 0 Å². The number of hydrogen-bond donors (Lipinski definition) is 1. The summed E-state index contributed by atoms with van der Waals surface area (Å²) < 4.78 is 24.2. The number of aryl methyl sites for hydroxylation is 1. The summed E-state index contributed by atoms with van der Waals surface area (Å²) in [6.07, 6.45) is 0.690. The van der Waals surface area contributed by atoms with E-state index in [1.807, 2.05) is 0 Å². The summed E-state index contributed by atoms with van der Waals surface area (Å²) in [5, 5.41) is 0. The molecule has 3 nitrogen and oxygen atoms in total. The summed E-state index contributed by atoms with van der Waals surface area (Å²) in [5.41, 5.74) is 6.90. The summed E-state index contributed by atoms with van der Waals surface area (Å²) in [7, 11) is -3.19. The maximum absolute atomic E-state index is 12.1. The van der Waals surface area contributed by atoms with Gasteiger partial charge in [0.25, 0.3) is 0 Å². The van der Waals surface area contributed by atoms with Gasteiger partial charge in [0, 0.05) is 5.69 Å². The van der Waals surface area contributed by atoms with Gasteiger partial charge in [-0.15, -0.1) is 0 Å². The molecule has 0 unspecified atom stereocenters. The van der Waals surface area contributed by atoms with Crippen LogP contribution in [0.3, 0.4) is 0 Å². The second-order valence-electron chi connectivity index (χ2n) is 3.89. The SMILES string of the molecule is CCSCCCS(=O)(=O)c1cc(N)ccc1C. The maximum atomic E-state index is 12.1. The average Bonchev–Trinajstić information content (AvgIpc) is 2.28. The number of hydrogen-bond acceptors (Lipinski definition) is 4. The molecule has 0 spiro atoms. The highest BCUT2D eigenvalue weighted by Gasteiger charge is 2.16. The Hall–Kier alpha value is -0.680. The highest BCUT2D eigenvalue weighted by molar-refractivity contribution is 7.99. The zero-order valence-corrected chi connectivity index (χ0v) is 11.9. The maximum Gasteiger partial charge on any atom is 0.178 e. The zero-order valence-electron chi connectivity index (χ0n) is 10.3. The number of nitrogen functional groups attached to an aromatic ring is 1. The highest BCUT2D eigenvalue weighted by Crippen LogP contribution is 2.20. The Morgan fingerprint density at radius 1 is 1.35 bits per heavy atom. The molecule has 0 fully saturated rings. The number of benzene rings is 1. The molecular weight excluding hydrogens is 254 g/mol. The van der Waals surface area contributed by atoms with Gasteiger partial charge in [0.15, 0.2) is 9.84 Å².